The van der Waals surface area contributed by atoms with Crippen molar-refractivity contribution in [3.8, 4) is 11.5 Å². The van der Waals surface area contributed by atoms with Crippen LogP contribution in [0.25, 0.3) is 0 Å². The maximum atomic E-state index is 5.40. The van der Waals surface area contributed by atoms with E-state index < -0.39 is 0 Å². The van der Waals surface area contributed by atoms with E-state index in [4.69, 9.17) is 19.6 Å². The molecule has 0 atom stereocenters. The highest BCUT2D eigenvalue weighted by atomic mass is 32.2. The van der Waals surface area contributed by atoms with Crippen LogP contribution in [-0.4, -0.2) is 29.4 Å². The largest absolute Gasteiger partial charge is 0.493 e. The van der Waals surface area contributed by atoms with Crippen molar-refractivity contribution in [2.75, 3.05) is 14.2 Å². The predicted octanol–water partition coefficient (Wildman–Crippen LogP) is 1.23. The van der Waals surface area contributed by atoms with Crippen LogP contribution >= 0.6 is 11.8 Å². The molecule has 0 aliphatic rings. The zero-order chi connectivity index (χ0) is 13.7. The van der Waals surface area contributed by atoms with E-state index in [2.05, 4.69) is 15.2 Å². The molecule has 19 heavy (non-hydrogen) atoms. The summed E-state index contributed by atoms with van der Waals surface area (Å²) in [5.74, 6) is 2.19. The first-order valence-corrected chi connectivity index (χ1v) is 6.48. The predicted molar refractivity (Wildman–Crippen MR) is 69.1 cm³/mol. The SMILES string of the molecule is COc1ccnc(CSc2nnc(CN)o2)c1OC. The Morgan fingerprint density at radius 2 is 2.16 bits per heavy atom. The number of rotatable bonds is 6. The molecule has 0 aliphatic heterocycles. The summed E-state index contributed by atoms with van der Waals surface area (Å²) in [6.07, 6.45) is 1.66. The number of ether oxygens (including phenoxy) is 2. The molecule has 8 heteroatoms. The van der Waals surface area contributed by atoms with Gasteiger partial charge in [0.2, 0.25) is 5.89 Å². The lowest BCUT2D eigenvalue weighted by Crippen LogP contribution is -1.97. The third kappa shape index (κ3) is 3.15. The number of pyridine rings is 1. The molecular weight excluding hydrogens is 268 g/mol. The second-order valence-corrected chi connectivity index (χ2v) is 4.37. The highest BCUT2D eigenvalue weighted by molar-refractivity contribution is 7.98. The van der Waals surface area contributed by atoms with Gasteiger partial charge in [0.05, 0.1) is 26.5 Å². The van der Waals surface area contributed by atoms with Crippen LogP contribution in [-0.2, 0) is 12.3 Å². The van der Waals surface area contributed by atoms with Crippen molar-refractivity contribution >= 4 is 11.8 Å². The summed E-state index contributed by atoms with van der Waals surface area (Å²) in [5, 5.41) is 8.10. The number of aromatic nitrogens is 3. The molecule has 0 aromatic carbocycles. The summed E-state index contributed by atoms with van der Waals surface area (Å²) in [7, 11) is 3.16. The normalized spacial score (nSPS) is 10.5. The average Bonchev–Trinajstić information content (AvgIpc) is 2.92. The molecule has 0 spiro atoms. The molecule has 7 nitrogen and oxygen atoms in total. The van der Waals surface area contributed by atoms with E-state index in [0.717, 1.165) is 5.69 Å². The van der Waals surface area contributed by atoms with Gasteiger partial charge in [0.15, 0.2) is 11.5 Å². The molecule has 2 N–H and O–H groups in total. The Balaban J connectivity index is 2.10. The van der Waals surface area contributed by atoms with Gasteiger partial charge in [0, 0.05) is 18.0 Å². The van der Waals surface area contributed by atoms with Crippen molar-refractivity contribution in [1.82, 2.24) is 15.2 Å². The summed E-state index contributed by atoms with van der Waals surface area (Å²) in [6, 6.07) is 1.74. The lowest BCUT2D eigenvalue weighted by molar-refractivity contribution is 0.350. The number of nitrogens with zero attached hydrogens (tertiary/aromatic N) is 3. The Morgan fingerprint density at radius 3 is 2.79 bits per heavy atom. The van der Waals surface area contributed by atoms with E-state index in [1.165, 1.54) is 11.8 Å². The Bertz CT molecular complexity index is 546. The van der Waals surface area contributed by atoms with Crippen molar-refractivity contribution in [3.63, 3.8) is 0 Å². The van der Waals surface area contributed by atoms with Crippen molar-refractivity contribution in [2.24, 2.45) is 5.73 Å². The van der Waals surface area contributed by atoms with E-state index >= 15 is 0 Å². The number of hydrogen-bond acceptors (Lipinski definition) is 8. The van der Waals surface area contributed by atoms with Crippen LogP contribution in [0.5, 0.6) is 11.5 Å². The van der Waals surface area contributed by atoms with E-state index in [0.29, 0.717) is 28.4 Å². The molecule has 0 saturated carbocycles. The fraction of sp³-hybridized carbons (Fsp3) is 0.364. The highest BCUT2D eigenvalue weighted by Crippen LogP contribution is 2.32. The molecular formula is C11H14N4O3S. The summed E-state index contributed by atoms with van der Waals surface area (Å²) in [4.78, 5) is 4.26. The minimum absolute atomic E-state index is 0.230. The Hall–Kier alpha value is -1.80. The lowest BCUT2D eigenvalue weighted by Gasteiger charge is -2.10. The maximum Gasteiger partial charge on any atom is 0.277 e. The van der Waals surface area contributed by atoms with Crippen LogP contribution in [0.15, 0.2) is 21.9 Å². The molecule has 2 rings (SSSR count). The minimum Gasteiger partial charge on any atom is -0.493 e. The summed E-state index contributed by atoms with van der Waals surface area (Å²) < 4.78 is 15.8. The van der Waals surface area contributed by atoms with E-state index in [9.17, 15) is 0 Å². The standard InChI is InChI=1S/C11H14N4O3S/c1-16-8-3-4-13-7(10(8)17-2)6-19-11-15-14-9(5-12)18-11/h3-4H,5-6,12H2,1-2H3. The fourth-order valence-corrected chi connectivity index (χ4v) is 2.18. The van der Waals surface area contributed by atoms with E-state index in [-0.39, 0.29) is 6.54 Å². The number of hydrogen-bond donors (Lipinski definition) is 1. The number of methoxy groups -OCH3 is 2. The Morgan fingerprint density at radius 1 is 1.32 bits per heavy atom. The third-order valence-corrected chi connectivity index (χ3v) is 3.15. The van der Waals surface area contributed by atoms with Crippen molar-refractivity contribution < 1.29 is 13.9 Å². The minimum atomic E-state index is 0.230. The van der Waals surface area contributed by atoms with Gasteiger partial charge < -0.3 is 19.6 Å². The molecule has 2 aromatic rings. The van der Waals surface area contributed by atoms with Crippen LogP contribution in [0.3, 0.4) is 0 Å². The second kappa shape index (κ2) is 6.39. The van der Waals surface area contributed by atoms with Crippen LogP contribution in [0.4, 0.5) is 0 Å². The quantitative estimate of drug-likeness (QED) is 0.790. The topological polar surface area (TPSA) is 96.3 Å². The lowest BCUT2D eigenvalue weighted by atomic mass is 10.3. The summed E-state index contributed by atoms with van der Waals surface area (Å²) in [6.45, 7) is 0.230. The van der Waals surface area contributed by atoms with Crippen LogP contribution in [0, 0.1) is 0 Å². The van der Waals surface area contributed by atoms with Gasteiger partial charge >= 0.3 is 0 Å². The first-order chi connectivity index (χ1) is 9.28. The maximum absolute atomic E-state index is 5.40. The molecule has 102 valence electrons. The fourth-order valence-electron chi connectivity index (χ4n) is 1.46. The van der Waals surface area contributed by atoms with Gasteiger partial charge in [-0.3, -0.25) is 4.98 Å². The molecule has 0 unspecified atom stereocenters. The first kappa shape index (κ1) is 13.6. The molecule has 2 aromatic heterocycles. The molecule has 0 saturated heterocycles. The summed E-state index contributed by atoms with van der Waals surface area (Å²) >= 11 is 1.36. The van der Waals surface area contributed by atoms with Gasteiger partial charge in [-0.25, -0.2) is 0 Å². The van der Waals surface area contributed by atoms with Crippen LogP contribution in [0.1, 0.15) is 11.6 Å². The molecule has 0 bridgehead atoms. The van der Waals surface area contributed by atoms with Gasteiger partial charge in [-0.1, -0.05) is 11.8 Å². The van der Waals surface area contributed by atoms with E-state index in [1.807, 2.05) is 0 Å². The Labute approximate surface area is 114 Å². The molecule has 0 fully saturated rings. The van der Waals surface area contributed by atoms with Crippen molar-refractivity contribution in [1.29, 1.82) is 0 Å². The first-order valence-electron chi connectivity index (χ1n) is 5.49. The van der Waals surface area contributed by atoms with Gasteiger partial charge in [-0.15, -0.1) is 10.2 Å². The molecule has 0 amide bonds. The van der Waals surface area contributed by atoms with Crippen LogP contribution in [0.2, 0.25) is 0 Å². The number of thioether (sulfide) groups is 1. The van der Waals surface area contributed by atoms with Gasteiger partial charge in [0.25, 0.3) is 5.22 Å². The van der Waals surface area contributed by atoms with E-state index in [1.54, 1.807) is 26.5 Å². The second-order valence-electron chi connectivity index (χ2n) is 3.45. The monoisotopic (exact) mass is 282 g/mol. The zero-order valence-corrected chi connectivity index (χ0v) is 11.4. The Kier molecular flexibility index (Phi) is 4.58. The van der Waals surface area contributed by atoms with Gasteiger partial charge in [-0.05, 0) is 0 Å². The molecule has 0 radical (unpaired) electrons. The third-order valence-electron chi connectivity index (χ3n) is 2.32. The summed E-state index contributed by atoms with van der Waals surface area (Å²) in [5.41, 5.74) is 6.15. The smallest absolute Gasteiger partial charge is 0.277 e. The average molecular weight is 282 g/mol. The molecule has 0 aliphatic carbocycles. The van der Waals surface area contributed by atoms with Gasteiger partial charge in [-0.2, -0.15) is 0 Å². The molecule has 2 heterocycles. The highest BCUT2D eigenvalue weighted by Gasteiger charge is 2.13. The number of nitrogens with two attached hydrogens (primary N) is 1. The van der Waals surface area contributed by atoms with Crippen molar-refractivity contribution in [2.45, 2.75) is 17.5 Å². The zero-order valence-electron chi connectivity index (χ0n) is 10.6. The van der Waals surface area contributed by atoms with Crippen molar-refractivity contribution in [3.05, 3.63) is 23.8 Å². The van der Waals surface area contributed by atoms with Gasteiger partial charge in [0.1, 0.15) is 0 Å². The van der Waals surface area contributed by atoms with Crippen LogP contribution < -0.4 is 15.2 Å².